The molecule has 2 amide bonds. The number of methoxy groups -OCH3 is 2. The van der Waals surface area contributed by atoms with Gasteiger partial charge in [-0.2, -0.15) is 0 Å². The molecule has 11 heteroatoms. The number of carbonyl (C=O) groups is 2. The molecule has 0 aliphatic carbocycles. The van der Waals surface area contributed by atoms with Crippen LogP contribution in [0.5, 0.6) is 11.5 Å². The van der Waals surface area contributed by atoms with E-state index in [0.717, 1.165) is 22.0 Å². The van der Waals surface area contributed by atoms with Crippen molar-refractivity contribution in [3.63, 3.8) is 0 Å². The van der Waals surface area contributed by atoms with Gasteiger partial charge < -0.3 is 19.7 Å². The van der Waals surface area contributed by atoms with Crippen LogP contribution in [0.1, 0.15) is 39.7 Å². The molecule has 0 aliphatic heterocycles. The first-order valence-electron chi connectivity index (χ1n) is 13.5. The summed E-state index contributed by atoms with van der Waals surface area (Å²) in [5.41, 5.74) is 0.256. The minimum absolute atomic E-state index is 0.0404. The smallest absolute Gasteiger partial charge is 0.264 e. The van der Waals surface area contributed by atoms with Crippen molar-refractivity contribution in [1.29, 1.82) is 0 Å². The molecule has 3 rings (SSSR count). The van der Waals surface area contributed by atoms with E-state index in [2.05, 4.69) is 5.32 Å². The second-order valence-electron chi connectivity index (χ2n) is 10.7. The molecule has 42 heavy (non-hydrogen) atoms. The van der Waals surface area contributed by atoms with Crippen molar-refractivity contribution in [3.8, 4) is 11.5 Å². The molecule has 1 atom stereocenters. The van der Waals surface area contributed by atoms with Crippen molar-refractivity contribution in [2.24, 2.45) is 0 Å². The van der Waals surface area contributed by atoms with Gasteiger partial charge in [0, 0.05) is 12.1 Å². The first-order valence-corrected chi connectivity index (χ1v) is 14.9. The number of nitrogens with zero attached hydrogens (tertiary/aromatic N) is 2. The largest absolute Gasteiger partial charge is 0.497 e. The fourth-order valence-electron chi connectivity index (χ4n) is 4.31. The third kappa shape index (κ3) is 8.22. The summed E-state index contributed by atoms with van der Waals surface area (Å²) in [5.74, 6) is -0.443. The minimum atomic E-state index is -4.29. The maximum Gasteiger partial charge on any atom is 0.264 e. The van der Waals surface area contributed by atoms with Crippen molar-refractivity contribution in [2.45, 2.75) is 57.1 Å². The van der Waals surface area contributed by atoms with Crippen LogP contribution in [0.3, 0.4) is 0 Å². The highest BCUT2D eigenvalue weighted by molar-refractivity contribution is 7.92. The Morgan fingerprint density at radius 1 is 0.881 bits per heavy atom. The van der Waals surface area contributed by atoms with Gasteiger partial charge in [0.25, 0.3) is 10.0 Å². The quantitative estimate of drug-likeness (QED) is 0.322. The second-order valence-corrected chi connectivity index (χ2v) is 12.6. The van der Waals surface area contributed by atoms with Crippen molar-refractivity contribution < 1.29 is 31.9 Å². The molecule has 0 unspecified atom stereocenters. The average Bonchev–Trinajstić information content (AvgIpc) is 2.95. The van der Waals surface area contributed by atoms with Crippen LogP contribution in [0.2, 0.25) is 0 Å². The number of amides is 2. The SMILES string of the molecule is CC[C@H](C(=O)NC(C)(C)C)N(Cc1ccc(OC)cc1)C(=O)CN(c1ccc(F)cc1)S(=O)(=O)c1ccc(OC)cc1. The molecule has 0 heterocycles. The number of rotatable bonds is 12. The Bertz CT molecular complexity index is 1450. The third-order valence-electron chi connectivity index (χ3n) is 6.44. The molecule has 0 aliphatic rings. The van der Waals surface area contributed by atoms with Crippen LogP contribution < -0.4 is 19.1 Å². The molecule has 0 bridgehead atoms. The van der Waals surface area contributed by atoms with E-state index in [1.54, 1.807) is 38.3 Å². The van der Waals surface area contributed by atoms with Crippen molar-refractivity contribution in [2.75, 3.05) is 25.1 Å². The maximum absolute atomic E-state index is 14.1. The Morgan fingerprint density at radius 3 is 1.88 bits per heavy atom. The number of ether oxygens (including phenoxy) is 2. The number of carbonyl (C=O) groups excluding carboxylic acids is 2. The van der Waals surface area contributed by atoms with Gasteiger partial charge in [-0.15, -0.1) is 0 Å². The summed E-state index contributed by atoms with van der Waals surface area (Å²) in [6, 6.07) is 16.7. The zero-order valence-electron chi connectivity index (χ0n) is 24.8. The number of hydrogen-bond acceptors (Lipinski definition) is 6. The van der Waals surface area contributed by atoms with Crippen LogP contribution in [-0.2, 0) is 26.2 Å². The summed E-state index contributed by atoms with van der Waals surface area (Å²) in [4.78, 5) is 28.8. The first-order chi connectivity index (χ1) is 19.8. The van der Waals surface area contributed by atoms with E-state index in [4.69, 9.17) is 9.47 Å². The third-order valence-corrected chi connectivity index (χ3v) is 8.23. The summed E-state index contributed by atoms with van der Waals surface area (Å²) < 4.78 is 52.9. The van der Waals surface area contributed by atoms with Crippen LogP contribution in [0, 0.1) is 5.82 Å². The van der Waals surface area contributed by atoms with Crippen LogP contribution >= 0.6 is 0 Å². The Kier molecular flexibility index (Phi) is 10.6. The summed E-state index contributed by atoms with van der Waals surface area (Å²) in [7, 11) is -1.29. The van der Waals surface area contributed by atoms with Crippen LogP contribution in [0.25, 0.3) is 0 Å². The van der Waals surface area contributed by atoms with Gasteiger partial charge in [-0.3, -0.25) is 13.9 Å². The first kappa shape index (κ1) is 32.4. The lowest BCUT2D eigenvalue weighted by Crippen LogP contribution is -2.55. The van der Waals surface area contributed by atoms with Gasteiger partial charge in [0.15, 0.2) is 0 Å². The van der Waals surface area contributed by atoms with Gasteiger partial charge in [0.1, 0.15) is 29.9 Å². The summed E-state index contributed by atoms with van der Waals surface area (Å²) in [5, 5.41) is 2.93. The molecule has 1 N–H and O–H groups in total. The van der Waals surface area contributed by atoms with E-state index < -0.39 is 39.9 Å². The Hall–Kier alpha value is -4.12. The van der Waals surface area contributed by atoms with Gasteiger partial charge in [0.2, 0.25) is 11.8 Å². The number of anilines is 1. The van der Waals surface area contributed by atoms with Crippen molar-refractivity contribution in [1.82, 2.24) is 10.2 Å². The molecule has 226 valence electrons. The lowest BCUT2D eigenvalue weighted by Gasteiger charge is -2.34. The predicted octanol–water partition coefficient (Wildman–Crippen LogP) is 4.76. The van der Waals surface area contributed by atoms with E-state index in [1.807, 2.05) is 20.8 Å². The fourth-order valence-corrected chi connectivity index (χ4v) is 5.73. The fraction of sp³-hybridized carbons (Fsp3) is 0.355. The molecule has 0 radical (unpaired) electrons. The Labute approximate surface area is 247 Å². The van der Waals surface area contributed by atoms with E-state index >= 15 is 0 Å². The van der Waals surface area contributed by atoms with Gasteiger partial charge in [-0.05, 0) is 93.4 Å². The Morgan fingerprint density at radius 2 is 1.40 bits per heavy atom. The lowest BCUT2D eigenvalue weighted by atomic mass is 10.1. The summed E-state index contributed by atoms with van der Waals surface area (Å²) in [6.45, 7) is 6.71. The van der Waals surface area contributed by atoms with Crippen molar-refractivity contribution >= 4 is 27.5 Å². The normalized spacial score (nSPS) is 12.3. The number of hydrogen-bond donors (Lipinski definition) is 1. The number of nitrogens with one attached hydrogen (secondary N) is 1. The van der Waals surface area contributed by atoms with E-state index in [0.29, 0.717) is 11.5 Å². The average molecular weight is 600 g/mol. The van der Waals surface area contributed by atoms with Gasteiger partial charge in [0.05, 0.1) is 24.8 Å². The minimum Gasteiger partial charge on any atom is -0.497 e. The van der Waals surface area contributed by atoms with Gasteiger partial charge >= 0.3 is 0 Å². The predicted molar refractivity (Wildman–Crippen MR) is 159 cm³/mol. The monoisotopic (exact) mass is 599 g/mol. The van der Waals surface area contributed by atoms with Crippen LogP contribution in [0.4, 0.5) is 10.1 Å². The molecule has 0 saturated heterocycles. The summed E-state index contributed by atoms with van der Waals surface area (Å²) >= 11 is 0. The molecule has 3 aromatic carbocycles. The van der Waals surface area contributed by atoms with Crippen molar-refractivity contribution in [3.05, 3.63) is 84.2 Å². The highest BCUT2D eigenvalue weighted by Crippen LogP contribution is 2.26. The number of benzene rings is 3. The topological polar surface area (TPSA) is 105 Å². The molecule has 0 spiro atoms. The zero-order chi connectivity index (χ0) is 31.1. The number of sulfonamides is 1. The Balaban J connectivity index is 2.06. The van der Waals surface area contributed by atoms with Gasteiger partial charge in [-0.25, -0.2) is 12.8 Å². The van der Waals surface area contributed by atoms with E-state index in [1.165, 1.54) is 48.4 Å². The van der Waals surface area contributed by atoms with Gasteiger partial charge in [-0.1, -0.05) is 19.1 Å². The lowest BCUT2D eigenvalue weighted by molar-refractivity contribution is -0.141. The number of halogens is 1. The molecule has 0 saturated carbocycles. The molecular formula is C31H38FN3O6S. The molecule has 9 nitrogen and oxygen atoms in total. The van der Waals surface area contributed by atoms with E-state index in [9.17, 15) is 22.4 Å². The molecule has 0 fully saturated rings. The second kappa shape index (κ2) is 13.7. The van der Waals surface area contributed by atoms with Crippen LogP contribution in [0.15, 0.2) is 77.7 Å². The molecule has 3 aromatic rings. The summed E-state index contributed by atoms with van der Waals surface area (Å²) in [6.07, 6.45) is 0.283. The standard InChI is InChI=1S/C31H38FN3O6S/c1-7-28(30(37)33-31(2,3)4)34(20-22-8-14-25(40-5)15-9-22)29(36)21-35(24-12-10-23(32)11-13-24)42(38,39)27-18-16-26(41-6)17-19-27/h8-19,28H,7,20-21H2,1-6H3,(H,33,37)/t28-/m1/s1. The highest BCUT2D eigenvalue weighted by atomic mass is 32.2. The maximum atomic E-state index is 14.1. The van der Waals surface area contributed by atoms with E-state index in [-0.39, 0.29) is 29.5 Å². The molecular weight excluding hydrogens is 561 g/mol. The highest BCUT2D eigenvalue weighted by Gasteiger charge is 2.34. The molecule has 0 aromatic heterocycles. The zero-order valence-corrected chi connectivity index (χ0v) is 25.6. The van der Waals surface area contributed by atoms with Crippen LogP contribution in [-0.4, -0.2) is 57.5 Å².